The number of hydrogen-bond donors (Lipinski definition) is 1. The second-order valence-corrected chi connectivity index (χ2v) is 7.63. The summed E-state index contributed by atoms with van der Waals surface area (Å²) in [6.45, 7) is 1.69. The van der Waals surface area contributed by atoms with E-state index < -0.39 is 27.9 Å². The molecule has 0 fully saturated rings. The van der Waals surface area contributed by atoms with Crippen molar-refractivity contribution in [3.63, 3.8) is 0 Å². The number of amides is 1. The predicted octanol–water partition coefficient (Wildman–Crippen LogP) is 2.14. The summed E-state index contributed by atoms with van der Waals surface area (Å²) in [6, 6.07) is 9.93. The largest absolute Gasteiger partial charge is 0.496 e. The molecular weight excluding hydrogens is 375 g/mol. The summed E-state index contributed by atoms with van der Waals surface area (Å²) in [7, 11) is -2.60. The Morgan fingerprint density at radius 2 is 2.07 bits per heavy atom. The molecule has 3 rings (SSSR count). The lowest BCUT2D eigenvalue weighted by molar-refractivity contribution is -0.129. The Morgan fingerprint density at radius 3 is 2.74 bits per heavy atom. The quantitative estimate of drug-likeness (QED) is 0.841. The van der Waals surface area contributed by atoms with E-state index in [-0.39, 0.29) is 11.3 Å². The zero-order valence-corrected chi connectivity index (χ0v) is 15.4. The first kappa shape index (κ1) is 18.8. The molecule has 1 aliphatic rings. The summed E-state index contributed by atoms with van der Waals surface area (Å²) in [4.78, 5) is 17.3. The zero-order valence-electron chi connectivity index (χ0n) is 14.6. The fourth-order valence-electron chi connectivity index (χ4n) is 2.63. The lowest BCUT2D eigenvalue weighted by atomic mass is 10.0. The number of oxime groups is 1. The highest BCUT2D eigenvalue weighted by Gasteiger charge is 2.32. The molecule has 1 atom stereocenters. The number of sulfonamides is 1. The van der Waals surface area contributed by atoms with Crippen molar-refractivity contribution in [2.24, 2.45) is 5.16 Å². The van der Waals surface area contributed by atoms with Crippen molar-refractivity contribution in [2.45, 2.75) is 24.3 Å². The molecule has 1 N–H and O–H groups in total. The lowest BCUT2D eigenvalue weighted by Crippen LogP contribution is -2.38. The predicted molar refractivity (Wildman–Crippen MR) is 95.5 cm³/mol. The van der Waals surface area contributed by atoms with Crippen LogP contribution in [0.15, 0.2) is 52.5 Å². The number of aryl methyl sites for hydroxylation is 1. The number of rotatable bonds is 5. The van der Waals surface area contributed by atoms with Crippen molar-refractivity contribution < 1.29 is 27.2 Å². The minimum Gasteiger partial charge on any atom is -0.496 e. The van der Waals surface area contributed by atoms with Crippen LogP contribution in [-0.2, 0) is 19.7 Å². The Bertz CT molecular complexity index is 1020. The third-order valence-corrected chi connectivity index (χ3v) is 5.38. The first-order chi connectivity index (χ1) is 12.8. The van der Waals surface area contributed by atoms with E-state index in [2.05, 4.69) is 5.16 Å². The molecule has 142 valence electrons. The van der Waals surface area contributed by atoms with E-state index in [1.54, 1.807) is 13.0 Å². The van der Waals surface area contributed by atoms with E-state index >= 15 is 0 Å². The molecule has 0 aromatic heterocycles. The maximum atomic E-state index is 13.3. The Morgan fingerprint density at radius 1 is 1.30 bits per heavy atom. The van der Waals surface area contributed by atoms with Crippen molar-refractivity contribution in [3.05, 3.63) is 59.4 Å². The molecule has 0 saturated heterocycles. The standard InChI is InChI=1S/C18H17FN2O5S/c1-11-8-14(6-7-16(11)25-2)27(23,24)21-18(22)17-10-15(20-26-17)12-4-3-5-13(19)9-12/h3-9,17H,10H2,1-2H3,(H,21,22). The van der Waals surface area contributed by atoms with Gasteiger partial charge < -0.3 is 9.57 Å². The molecule has 0 aliphatic carbocycles. The highest BCUT2D eigenvalue weighted by atomic mass is 32.2. The fraction of sp³-hybridized carbons (Fsp3) is 0.222. The van der Waals surface area contributed by atoms with E-state index in [9.17, 15) is 17.6 Å². The number of ether oxygens (including phenoxy) is 1. The van der Waals surface area contributed by atoms with Crippen molar-refractivity contribution in [2.75, 3.05) is 7.11 Å². The molecule has 0 saturated carbocycles. The summed E-state index contributed by atoms with van der Waals surface area (Å²) in [5, 5.41) is 3.77. The summed E-state index contributed by atoms with van der Waals surface area (Å²) < 4.78 is 45.2. The lowest BCUT2D eigenvalue weighted by Gasteiger charge is -2.12. The fourth-order valence-corrected chi connectivity index (χ4v) is 3.72. The number of hydrogen-bond acceptors (Lipinski definition) is 6. The van der Waals surface area contributed by atoms with Crippen LogP contribution in [-0.4, -0.2) is 33.3 Å². The SMILES string of the molecule is COc1ccc(S(=O)(=O)NC(=O)C2CC(c3cccc(F)c3)=NO2)cc1C. The van der Waals surface area contributed by atoms with E-state index in [4.69, 9.17) is 9.57 Å². The zero-order chi connectivity index (χ0) is 19.6. The number of nitrogens with zero attached hydrogens (tertiary/aromatic N) is 1. The maximum absolute atomic E-state index is 13.3. The van der Waals surface area contributed by atoms with Gasteiger partial charge in [-0.3, -0.25) is 4.79 Å². The Kier molecular flexibility index (Phi) is 5.13. The molecular formula is C18H17FN2O5S. The van der Waals surface area contributed by atoms with E-state index in [0.717, 1.165) is 0 Å². The highest BCUT2D eigenvalue weighted by molar-refractivity contribution is 7.90. The van der Waals surface area contributed by atoms with Gasteiger partial charge in [-0.25, -0.2) is 17.5 Å². The van der Waals surface area contributed by atoms with Crippen LogP contribution in [0.1, 0.15) is 17.5 Å². The Balaban J connectivity index is 1.70. The highest BCUT2D eigenvalue weighted by Crippen LogP contribution is 2.22. The second kappa shape index (κ2) is 7.36. The van der Waals surface area contributed by atoms with Gasteiger partial charge in [0.15, 0.2) is 0 Å². The molecule has 27 heavy (non-hydrogen) atoms. The summed E-state index contributed by atoms with van der Waals surface area (Å²) in [5.41, 5.74) is 1.45. The monoisotopic (exact) mass is 392 g/mol. The first-order valence-corrected chi connectivity index (χ1v) is 9.48. The summed E-state index contributed by atoms with van der Waals surface area (Å²) in [6.07, 6.45) is -1.08. The van der Waals surface area contributed by atoms with Crippen LogP contribution >= 0.6 is 0 Å². The minimum absolute atomic E-state index is 0.0342. The van der Waals surface area contributed by atoms with Crippen LogP contribution in [0.25, 0.3) is 0 Å². The van der Waals surface area contributed by atoms with Crippen LogP contribution in [0, 0.1) is 12.7 Å². The minimum atomic E-state index is -4.08. The number of halogens is 1. The van der Waals surface area contributed by atoms with Crippen molar-refractivity contribution >= 4 is 21.6 Å². The normalized spacial score (nSPS) is 16.4. The number of benzene rings is 2. The van der Waals surface area contributed by atoms with Gasteiger partial charge in [-0.1, -0.05) is 17.3 Å². The molecule has 1 aliphatic heterocycles. The molecule has 2 aromatic rings. The van der Waals surface area contributed by atoms with Gasteiger partial charge in [0.05, 0.1) is 17.7 Å². The number of nitrogens with one attached hydrogen (secondary N) is 1. The number of methoxy groups -OCH3 is 1. The average molecular weight is 392 g/mol. The van der Waals surface area contributed by atoms with Crippen molar-refractivity contribution in [3.8, 4) is 5.75 Å². The molecule has 1 amide bonds. The van der Waals surface area contributed by atoms with E-state index in [1.807, 2.05) is 4.72 Å². The van der Waals surface area contributed by atoms with Gasteiger partial charge in [0.1, 0.15) is 11.6 Å². The first-order valence-electron chi connectivity index (χ1n) is 8.00. The molecule has 1 unspecified atom stereocenters. The van der Waals surface area contributed by atoms with Crippen LogP contribution in [0.5, 0.6) is 5.75 Å². The Labute approximate surface area is 155 Å². The maximum Gasteiger partial charge on any atom is 0.278 e. The summed E-state index contributed by atoms with van der Waals surface area (Å²) in [5.74, 6) is -0.758. The van der Waals surface area contributed by atoms with Gasteiger partial charge in [-0.2, -0.15) is 0 Å². The third-order valence-electron chi connectivity index (χ3n) is 4.03. The van der Waals surface area contributed by atoms with Gasteiger partial charge in [0.2, 0.25) is 6.10 Å². The third kappa shape index (κ3) is 4.08. The molecule has 7 nitrogen and oxygen atoms in total. The topological polar surface area (TPSA) is 94.1 Å². The van der Waals surface area contributed by atoms with Crippen LogP contribution in [0.4, 0.5) is 4.39 Å². The van der Waals surface area contributed by atoms with Gasteiger partial charge in [-0.05, 0) is 42.8 Å². The molecule has 0 radical (unpaired) electrons. The molecule has 1 heterocycles. The molecule has 2 aromatic carbocycles. The molecule has 0 spiro atoms. The summed E-state index contributed by atoms with van der Waals surface area (Å²) >= 11 is 0. The van der Waals surface area contributed by atoms with Crippen molar-refractivity contribution in [1.82, 2.24) is 4.72 Å². The molecule has 0 bridgehead atoms. The number of carbonyl (C=O) groups excluding carboxylic acids is 1. The second-order valence-electron chi connectivity index (χ2n) is 5.95. The van der Waals surface area contributed by atoms with Gasteiger partial charge in [-0.15, -0.1) is 0 Å². The van der Waals surface area contributed by atoms with Gasteiger partial charge in [0.25, 0.3) is 15.9 Å². The van der Waals surface area contributed by atoms with Gasteiger partial charge >= 0.3 is 0 Å². The average Bonchev–Trinajstić information content (AvgIpc) is 3.11. The number of carbonyl (C=O) groups is 1. The van der Waals surface area contributed by atoms with E-state index in [1.165, 1.54) is 43.5 Å². The smallest absolute Gasteiger partial charge is 0.278 e. The van der Waals surface area contributed by atoms with Crippen LogP contribution in [0.3, 0.4) is 0 Å². The van der Waals surface area contributed by atoms with Crippen molar-refractivity contribution in [1.29, 1.82) is 0 Å². The molecule has 9 heteroatoms. The van der Waals surface area contributed by atoms with Crippen LogP contribution in [0.2, 0.25) is 0 Å². The Hall–Kier alpha value is -2.94. The van der Waals surface area contributed by atoms with Crippen LogP contribution < -0.4 is 9.46 Å². The van der Waals surface area contributed by atoms with E-state index in [0.29, 0.717) is 22.6 Å². The van der Waals surface area contributed by atoms with Gasteiger partial charge in [0, 0.05) is 12.0 Å².